The number of carbonyl (C=O) groups is 1. The fourth-order valence-electron chi connectivity index (χ4n) is 3.87. The van der Waals surface area contributed by atoms with Crippen molar-refractivity contribution in [3.8, 4) is 0 Å². The van der Waals surface area contributed by atoms with E-state index in [4.69, 9.17) is 4.74 Å². The normalized spacial score (nSPS) is 22.9. The number of ether oxygens (including phenoxy) is 1. The first-order valence-electron chi connectivity index (χ1n) is 9.03. The third-order valence-electron chi connectivity index (χ3n) is 4.98. The molecule has 0 aliphatic carbocycles. The van der Waals surface area contributed by atoms with Crippen LogP contribution < -0.4 is 4.90 Å². The second-order valence-corrected chi connectivity index (χ2v) is 8.06. The van der Waals surface area contributed by atoms with Crippen LogP contribution in [0.5, 0.6) is 0 Å². The maximum absolute atomic E-state index is 12.7. The van der Waals surface area contributed by atoms with Gasteiger partial charge in [0.1, 0.15) is 5.60 Å². The summed E-state index contributed by atoms with van der Waals surface area (Å²) in [4.78, 5) is 31.9. The molecule has 8 nitrogen and oxygen atoms in total. The molecule has 1 amide bonds. The maximum Gasteiger partial charge on any atom is 0.410 e. The van der Waals surface area contributed by atoms with Crippen LogP contribution in [0.1, 0.15) is 45.6 Å². The smallest absolute Gasteiger partial charge is 0.410 e. The van der Waals surface area contributed by atoms with Gasteiger partial charge in [0.2, 0.25) is 5.82 Å². The zero-order valence-corrected chi connectivity index (χ0v) is 15.8. The molecule has 8 heteroatoms. The average molecular weight is 362 g/mol. The first kappa shape index (κ1) is 18.4. The number of amides is 1. The van der Waals surface area contributed by atoms with E-state index in [0.717, 1.165) is 19.3 Å². The summed E-state index contributed by atoms with van der Waals surface area (Å²) in [6.45, 7) is 8.47. The number of aryl methyl sites for hydroxylation is 1. The van der Waals surface area contributed by atoms with E-state index in [1.54, 1.807) is 19.2 Å². The van der Waals surface area contributed by atoms with Gasteiger partial charge in [-0.2, -0.15) is 0 Å². The Labute approximate surface area is 153 Å². The fourth-order valence-corrected chi connectivity index (χ4v) is 3.87. The predicted molar refractivity (Wildman–Crippen MR) is 97.3 cm³/mol. The average Bonchev–Trinajstić information content (AvgIpc) is 2.79. The van der Waals surface area contributed by atoms with Gasteiger partial charge in [0.15, 0.2) is 0 Å². The third kappa shape index (κ3) is 3.59. The van der Waals surface area contributed by atoms with Crippen LogP contribution in [0, 0.1) is 17.0 Å². The van der Waals surface area contributed by atoms with Crippen LogP contribution in [0.15, 0.2) is 12.3 Å². The second-order valence-electron chi connectivity index (χ2n) is 8.06. The van der Waals surface area contributed by atoms with Crippen LogP contribution in [0.2, 0.25) is 0 Å². The van der Waals surface area contributed by atoms with Crippen molar-refractivity contribution in [3.05, 3.63) is 27.9 Å². The number of aromatic nitrogens is 1. The van der Waals surface area contributed by atoms with E-state index in [9.17, 15) is 14.9 Å². The Morgan fingerprint density at radius 1 is 1.31 bits per heavy atom. The third-order valence-corrected chi connectivity index (χ3v) is 4.98. The summed E-state index contributed by atoms with van der Waals surface area (Å²) in [5.74, 6) is 0.395. The number of fused-ring (bicyclic) bond motifs is 2. The van der Waals surface area contributed by atoms with Crippen molar-refractivity contribution in [3.63, 3.8) is 0 Å². The van der Waals surface area contributed by atoms with Crippen molar-refractivity contribution >= 4 is 17.6 Å². The van der Waals surface area contributed by atoms with Crippen LogP contribution in [0.3, 0.4) is 0 Å². The van der Waals surface area contributed by atoms with Gasteiger partial charge in [-0.05, 0) is 53.0 Å². The number of carbonyl (C=O) groups excluding carboxylic acids is 1. The molecule has 2 saturated heterocycles. The predicted octanol–water partition coefficient (Wildman–Crippen LogP) is 3.28. The number of hydrogen-bond donors (Lipinski definition) is 0. The van der Waals surface area contributed by atoms with E-state index in [1.165, 1.54) is 0 Å². The van der Waals surface area contributed by atoms with Crippen LogP contribution >= 0.6 is 0 Å². The van der Waals surface area contributed by atoms with Gasteiger partial charge in [0.25, 0.3) is 0 Å². The summed E-state index contributed by atoms with van der Waals surface area (Å²) >= 11 is 0. The van der Waals surface area contributed by atoms with E-state index in [0.29, 0.717) is 24.5 Å². The van der Waals surface area contributed by atoms with Gasteiger partial charge >= 0.3 is 11.8 Å². The second kappa shape index (κ2) is 6.74. The largest absolute Gasteiger partial charge is 0.444 e. The van der Waals surface area contributed by atoms with Crippen LogP contribution in [-0.4, -0.2) is 51.7 Å². The summed E-state index contributed by atoms with van der Waals surface area (Å²) in [5.41, 5.74) is 0.104. The monoisotopic (exact) mass is 362 g/mol. The van der Waals surface area contributed by atoms with Crippen molar-refractivity contribution in [2.75, 3.05) is 18.0 Å². The Hall–Kier alpha value is -2.38. The Morgan fingerprint density at radius 3 is 2.65 bits per heavy atom. The molecule has 0 saturated carbocycles. The van der Waals surface area contributed by atoms with Crippen molar-refractivity contribution in [2.45, 2.75) is 64.6 Å². The molecular formula is C18H26N4O4. The number of anilines is 1. The lowest BCUT2D eigenvalue weighted by Crippen LogP contribution is -2.45. The van der Waals surface area contributed by atoms with E-state index >= 15 is 0 Å². The lowest BCUT2D eigenvalue weighted by atomic mass is 10.1. The van der Waals surface area contributed by atoms with Crippen molar-refractivity contribution in [1.29, 1.82) is 0 Å². The SMILES string of the molecule is Cc1ccnc(N2CC[C@H]3CC[C@@H](C2)N3C(=O)OC(C)(C)C)c1[N+](=O)[O-]. The first-order chi connectivity index (χ1) is 12.2. The van der Waals surface area contributed by atoms with Crippen LogP contribution in [0.25, 0.3) is 0 Å². The Kier molecular flexibility index (Phi) is 4.77. The molecule has 0 spiro atoms. The highest BCUT2D eigenvalue weighted by atomic mass is 16.6. The highest BCUT2D eigenvalue weighted by molar-refractivity contribution is 5.70. The number of pyridine rings is 1. The fraction of sp³-hybridized carbons (Fsp3) is 0.667. The summed E-state index contributed by atoms with van der Waals surface area (Å²) in [6.07, 6.45) is 3.88. The van der Waals surface area contributed by atoms with E-state index in [1.807, 2.05) is 30.6 Å². The molecular weight excluding hydrogens is 336 g/mol. The summed E-state index contributed by atoms with van der Waals surface area (Å²) in [5, 5.41) is 11.5. The van der Waals surface area contributed by atoms with Crippen LogP contribution in [-0.2, 0) is 4.74 Å². The Balaban J connectivity index is 1.85. The first-order valence-corrected chi connectivity index (χ1v) is 9.03. The summed E-state index contributed by atoms with van der Waals surface area (Å²) < 4.78 is 5.58. The number of nitro groups is 1. The van der Waals surface area contributed by atoms with E-state index in [-0.39, 0.29) is 28.8 Å². The summed E-state index contributed by atoms with van der Waals surface area (Å²) in [6, 6.07) is 1.75. The number of hydrogen-bond acceptors (Lipinski definition) is 6. The molecule has 3 heterocycles. The molecule has 3 rings (SSSR count). The Bertz CT molecular complexity index is 716. The molecule has 0 radical (unpaired) electrons. The van der Waals surface area contributed by atoms with Crippen LogP contribution in [0.4, 0.5) is 16.3 Å². The van der Waals surface area contributed by atoms with Crippen molar-refractivity contribution < 1.29 is 14.5 Å². The molecule has 2 aliphatic heterocycles. The lowest BCUT2D eigenvalue weighted by Gasteiger charge is -2.31. The molecule has 0 unspecified atom stereocenters. The molecule has 2 bridgehead atoms. The minimum atomic E-state index is -0.542. The maximum atomic E-state index is 12.7. The van der Waals surface area contributed by atoms with Gasteiger partial charge in [-0.1, -0.05) is 0 Å². The van der Waals surface area contributed by atoms with Gasteiger partial charge in [0, 0.05) is 30.9 Å². The zero-order chi connectivity index (χ0) is 19.1. The highest BCUT2D eigenvalue weighted by Gasteiger charge is 2.43. The van der Waals surface area contributed by atoms with Gasteiger partial charge in [0.05, 0.1) is 11.0 Å². The van der Waals surface area contributed by atoms with Gasteiger partial charge in [-0.25, -0.2) is 9.78 Å². The highest BCUT2D eigenvalue weighted by Crippen LogP contribution is 2.36. The van der Waals surface area contributed by atoms with Gasteiger partial charge in [-0.3, -0.25) is 10.1 Å². The lowest BCUT2D eigenvalue weighted by molar-refractivity contribution is -0.384. The minimum Gasteiger partial charge on any atom is -0.444 e. The molecule has 142 valence electrons. The molecule has 2 fully saturated rings. The van der Waals surface area contributed by atoms with Crippen molar-refractivity contribution in [1.82, 2.24) is 9.88 Å². The van der Waals surface area contributed by atoms with E-state index < -0.39 is 5.60 Å². The van der Waals surface area contributed by atoms with Crippen molar-refractivity contribution in [2.24, 2.45) is 0 Å². The molecule has 2 aliphatic rings. The zero-order valence-electron chi connectivity index (χ0n) is 15.8. The molecule has 0 aromatic carbocycles. The number of rotatable bonds is 2. The molecule has 0 N–H and O–H groups in total. The topological polar surface area (TPSA) is 88.8 Å². The summed E-state index contributed by atoms with van der Waals surface area (Å²) in [7, 11) is 0. The molecule has 1 aromatic rings. The quantitative estimate of drug-likeness (QED) is 0.592. The van der Waals surface area contributed by atoms with E-state index in [2.05, 4.69) is 4.98 Å². The molecule has 26 heavy (non-hydrogen) atoms. The van der Waals surface area contributed by atoms with Gasteiger partial charge in [-0.15, -0.1) is 0 Å². The number of nitrogens with zero attached hydrogens (tertiary/aromatic N) is 4. The molecule has 2 atom stereocenters. The minimum absolute atomic E-state index is 0.0146. The Morgan fingerprint density at radius 2 is 2.00 bits per heavy atom. The molecule has 1 aromatic heterocycles. The standard InChI is InChI=1S/C18H26N4O4/c1-12-7-9-19-16(15(12)22(24)25)20-10-8-13-5-6-14(11-20)21(13)17(23)26-18(2,3)4/h7,9,13-14H,5-6,8,10-11H2,1-4H3/t13-,14+/m1/s1. The van der Waals surface area contributed by atoms with Gasteiger partial charge < -0.3 is 14.5 Å².